The van der Waals surface area contributed by atoms with Crippen molar-refractivity contribution in [1.29, 1.82) is 0 Å². The van der Waals surface area contributed by atoms with E-state index in [0.717, 1.165) is 19.4 Å². The molecule has 2 aliphatic rings. The van der Waals surface area contributed by atoms with Crippen LogP contribution in [0.2, 0.25) is 0 Å². The molecular formula is C18H24F3NO3. The van der Waals surface area contributed by atoms with Crippen LogP contribution in [0.25, 0.3) is 0 Å². The van der Waals surface area contributed by atoms with Crippen LogP contribution in [0, 0.1) is 5.92 Å². The van der Waals surface area contributed by atoms with Gasteiger partial charge in [-0.25, -0.2) is 0 Å². The molecule has 3 rings (SSSR count). The van der Waals surface area contributed by atoms with Crippen molar-refractivity contribution in [3.63, 3.8) is 0 Å². The molecule has 1 aromatic rings. The number of benzene rings is 1. The van der Waals surface area contributed by atoms with E-state index in [1.54, 1.807) is 12.1 Å². The number of ether oxygens (including phenoxy) is 2. The van der Waals surface area contributed by atoms with Crippen molar-refractivity contribution in [2.75, 3.05) is 19.8 Å². The largest absolute Gasteiger partial charge is 0.573 e. The zero-order valence-electron chi connectivity index (χ0n) is 14.3. The van der Waals surface area contributed by atoms with Crippen molar-refractivity contribution < 1.29 is 27.8 Å². The summed E-state index contributed by atoms with van der Waals surface area (Å²) in [6.07, 6.45) is -2.26. The Labute approximate surface area is 145 Å². The quantitative estimate of drug-likeness (QED) is 0.895. The third-order valence-electron chi connectivity index (χ3n) is 5.30. The lowest BCUT2D eigenvalue weighted by molar-refractivity contribution is -0.275. The first kappa shape index (κ1) is 18.5. The molecule has 140 valence electrons. The van der Waals surface area contributed by atoms with Crippen molar-refractivity contribution in [2.45, 2.75) is 50.7 Å². The van der Waals surface area contributed by atoms with Crippen LogP contribution in [0.4, 0.5) is 13.2 Å². The van der Waals surface area contributed by atoms with Crippen LogP contribution in [-0.4, -0.2) is 47.8 Å². The molecule has 7 heteroatoms. The van der Waals surface area contributed by atoms with Crippen LogP contribution >= 0.6 is 0 Å². The number of aliphatic hydroxyl groups is 1. The van der Waals surface area contributed by atoms with Gasteiger partial charge in [0.15, 0.2) is 0 Å². The summed E-state index contributed by atoms with van der Waals surface area (Å²) in [5, 5.41) is 10.7. The topological polar surface area (TPSA) is 41.9 Å². The van der Waals surface area contributed by atoms with Crippen molar-refractivity contribution in [3.05, 3.63) is 29.8 Å². The maximum Gasteiger partial charge on any atom is 0.573 e. The Morgan fingerprint density at radius 3 is 2.84 bits per heavy atom. The number of halogens is 3. The maximum atomic E-state index is 12.6. The molecule has 2 saturated heterocycles. The fourth-order valence-corrected chi connectivity index (χ4v) is 3.96. The third kappa shape index (κ3) is 4.46. The number of alkyl halides is 3. The van der Waals surface area contributed by atoms with Crippen molar-refractivity contribution in [1.82, 2.24) is 4.90 Å². The standard InChI is InChI=1S/C18H24F3NO3/c1-17(23)8-10-24-12-14(17)15-6-4-9-22(15)11-13-5-2-3-7-16(13)25-18(19,20)21/h2-3,5,7,14-15,23H,4,6,8-12H2,1H3/t14-,15-,17+/m1/s1. The van der Waals surface area contributed by atoms with Gasteiger partial charge in [-0.05, 0) is 38.8 Å². The lowest BCUT2D eigenvalue weighted by Crippen LogP contribution is -2.52. The molecule has 0 aliphatic carbocycles. The summed E-state index contributed by atoms with van der Waals surface area (Å²) in [6, 6.07) is 6.34. The second-order valence-corrected chi connectivity index (χ2v) is 7.12. The molecule has 2 aliphatic heterocycles. The van der Waals surface area contributed by atoms with Crippen LogP contribution in [0.3, 0.4) is 0 Å². The first-order valence-electron chi connectivity index (χ1n) is 8.64. The second kappa shape index (κ2) is 7.13. The van der Waals surface area contributed by atoms with E-state index >= 15 is 0 Å². The molecule has 0 amide bonds. The van der Waals surface area contributed by atoms with E-state index < -0.39 is 12.0 Å². The molecule has 0 radical (unpaired) electrons. The summed E-state index contributed by atoms with van der Waals surface area (Å²) in [4.78, 5) is 2.15. The fourth-order valence-electron chi connectivity index (χ4n) is 3.96. The minimum absolute atomic E-state index is 0.0422. The van der Waals surface area contributed by atoms with Crippen LogP contribution in [0.15, 0.2) is 24.3 Å². The van der Waals surface area contributed by atoms with Crippen LogP contribution in [-0.2, 0) is 11.3 Å². The predicted octanol–water partition coefficient (Wildman–Crippen LogP) is 3.34. The van der Waals surface area contributed by atoms with Gasteiger partial charge in [0.05, 0.1) is 12.2 Å². The van der Waals surface area contributed by atoms with Gasteiger partial charge in [0.25, 0.3) is 0 Å². The molecule has 1 aromatic carbocycles. The Morgan fingerprint density at radius 1 is 1.36 bits per heavy atom. The summed E-state index contributed by atoms with van der Waals surface area (Å²) in [7, 11) is 0. The van der Waals surface area contributed by atoms with Gasteiger partial charge in [-0.1, -0.05) is 18.2 Å². The van der Waals surface area contributed by atoms with Gasteiger partial charge in [0.1, 0.15) is 5.75 Å². The molecule has 0 bridgehead atoms. The minimum Gasteiger partial charge on any atom is -0.405 e. The number of likely N-dealkylation sites (tertiary alicyclic amines) is 1. The Balaban J connectivity index is 1.76. The Bertz CT molecular complexity index is 591. The van der Waals surface area contributed by atoms with Gasteiger partial charge in [-0.15, -0.1) is 13.2 Å². The van der Waals surface area contributed by atoms with E-state index in [9.17, 15) is 18.3 Å². The monoisotopic (exact) mass is 359 g/mol. The van der Waals surface area contributed by atoms with Gasteiger partial charge < -0.3 is 14.6 Å². The SMILES string of the molecule is C[C@]1(O)CCOC[C@@H]1[C@H]1CCCN1Cc1ccccc1OC(F)(F)F. The molecule has 0 saturated carbocycles. The van der Waals surface area contributed by atoms with Gasteiger partial charge in [0, 0.05) is 30.7 Å². The highest BCUT2D eigenvalue weighted by Gasteiger charge is 2.44. The summed E-state index contributed by atoms with van der Waals surface area (Å²) in [5.41, 5.74) is -0.309. The first-order valence-corrected chi connectivity index (χ1v) is 8.64. The van der Waals surface area contributed by atoms with E-state index in [4.69, 9.17) is 4.74 Å². The average molecular weight is 359 g/mol. The number of hydrogen-bond acceptors (Lipinski definition) is 4. The number of rotatable bonds is 4. The molecular weight excluding hydrogens is 335 g/mol. The fraction of sp³-hybridized carbons (Fsp3) is 0.667. The van der Waals surface area contributed by atoms with E-state index in [2.05, 4.69) is 9.64 Å². The first-order chi connectivity index (χ1) is 11.8. The summed E-state index contributed by atoms with van der Waals surface area (Å²) in [6.45, 7) is 4.01. The summed E-state index contributed by atoms with van der Waals surface area (Å²) < 4.78 is 47.6. The third-order valence-corrected chi connectivity index (χ3v) is 5.30. The summed E-state index contributed by atoms with van der Waals surface area (Å²) >= 11 is 0. The maximum absolute atomic E-state index is 12.6. The normalized spacial score (nSPS) is 31.2. The number of hydrogen-bond donors (Lipinski definition) is 1. The highest BCUT2D eigenvalue weighted by Crippen LogP contribution is 2.37. The molecule has 0 spiro atoms. The zero-order valence-corrected chi connectivity index (χ0v) is 14.3. The second-order valence-electron chi connectivity index (χ2n) is 7.12. The molecule has 4 nitrogen and oxygen atoms in total. The highest BCUT2D eigenvalue weighted by atomic mass is 19.4. The lowest BCUT2D eigenvalue weighted by Gasteiger charge is -2.43. The number of nitrogens with zero attached hydrogens (tertiary/aromatic N) is 1. The average Bonchev–Trinajstić information content (AvgIpc) is 2.95. The van der Waals surface area contributed by atoms with E-state index in [1.165, 1.54) is 12.1 Å². The molecule has 2 fully saturated rings. The van der Waals surface area contributed by atoms with Gasteiger partial charge >= 0.3 is 6.36 Å². The smallest absolute Gasteiger partial charge is 0.405 e. The number of para-hydroxylation sites is 1. The molecule has 1 N–H and O–H groups in total. The van der Waals surface area contributed by atoms with Gasteiger partial charge in [0.2, 0.25) is 0 Å². The van der Waals surface area contributed by atoms with Crippen LogP contribution in [0.5, 0.6) is 5.75 Å². The zero-order chi connectivity index (χ0) is 18.1. The van der Waals surface area contributed by atoms with E-state index in [1.807, 2.05) is 6.92 Å². The van der Waals surface area contributed by atoms with Gasteiger partial charge in [-0.3, -0.25) is 4.90 Å². The molecule has 2 heterocycles. The van der Waals surface area contributed by atoms with E-state index in [0.29, 0.717) is 31.7 Å². The van der Waals surface area contributed by atoms with Crippen molar-refractivity contribution >= 4 is 0 Å². The highest BCUT2D eigenvalue weighted by molar-refractivity contribution is 5.33. The molecule has 0 aromatic heterocycles. The van der Waals surface area contributed by atoms with Gasteiger partial charge in [-0.2, -0.15) is 0 Å². The Morgan fingerprint density at radius 2 is 2.12 bits per heavy atom. The van der Waals surface area contributed by atoms with Crippen molar-refractivity contribution in [2.24, 2.45) is 5.92 Å². The summed E-state index contributed by atoms with van der Waals surface area (Å²) in [5.74, 6) is -0.202. The van der Waals surface area contributed by atoms with Crippen molar-refractivity contribution in [3.8, 4) is 5.75 Å². The predicted molar refractivity (Wildman–Crippen MR) is 86.1 cm³/mol. The van der Waals surface area contributed by atoms with Crippen LogP contribution in [0.1, 0.15) is 31.7 Å². The Kier molecular flexibility index (Phi) is 5.27. The Hall–Kier alpha value is -1.31. The molecule has 3 atom stereocenters. The van der Waals surface area contributed by atoms with Crippen LogP contribution < -0.4 is 4.74 Å². The lowest BCUT2D eigenvalue weighted by atomic mass is 9.79. The van der Waals surface area contributed by atoms with E-state index in [-0.39, 0.29) is 17.7 Å². The molecule has 25 heavy (non-hydrogen) atoms. The molecule has 0 unspecified atom stereocenters. The minimum atomic E-state index is -4.71.